The van der Waals surface area contributed by atoms with E-state index in [2.05, 4.69) is 5.16 Å². The molecule has 1 aromatic rings. The molecule has 0 fully saturated rings. The predicted molar refractivity (Wildman–Crippen MR) is 41.1 cm³/mol. The molecular formula is C8H9NO4. The zero-order chi connectivity index (χ0) is 9.64. The summed E-state index contributed by atoms with van der Waals surface area (Å²) in [7, 11) is 0. The van der Waals surface area contributed by atoms with Crippen molar-refractivity contribution >= 4 is 5.97 Å². The average molecular weight is 183 g/mol. The van der Waals surface area contributed by atoms with Crippen molar-refractivity contribution in [1.82, 2.24) is 5.16 Å². The van der Waals surface area contributed by atoms with Gasteiger partial charge in [-0.25, -0.2) is 4.79 Å². The quantitative estimate of drug-likeness (QED) is 0.649. The zero-order valence-electron chi connectivity index (χ0n) is 7.07. The number of aliphatic carboxylic acids is 1. The maximum Gasteiger partial charge on any atom is 0.340 e. The van der Waals surface area contributed by atoms with Crippen LogP contribution in [-0.4, -0.2) is 21.3 Å². The van der Waals surface area contributed by atoms with Gasteiger partial charge in [-0.3, -0.25) is 0 Å². The van der Waals surface area contributed by atoms with Crippen molar-refractivity contribution in [3.8, 4) is 0 Å². The maximum atomic E-state index is 10.8. The topological polar surface area (TPSA) is 83.6 Å². The van der Waals surface area contributed by atoms with Crippen LogP contribution in [0.2, 0.25) is 0 Å². The summed E-state index contributed by atoms with van der Waals surface area (Å²) in [5.74, 6) is -0.750. The minimum absolute atomic E-state index is 0.167. The highest BCUT2D eigenvalue weighted by molar-refractivity contribution is 5.80. The number of rotatable bonds is 1. The van der Waals surface area contributed by atoms with E-state index in [-0.39, 0.29) is 6.42 Å². The lowest BCUT2D eigenvalue weighted by atomic mass is 9.97. The monoisotopic (exact) mass is 183 g/mol. The lowest BCUT2D eigenvalue weighted by molar-refractivity contribution is -0.159. The molecule has 1 heterocycles. The third-order valence-electron chi connectivity index (χ3n) is 2.41. The van der Waals surface area contributed by atoms with Crippen molar-refractivity contribution in [1.29, 1.82) is 0 Å². The molecule has 0 radical (unpaired) electrons. The Morgan fingerprint density at radius 2 is 2.38 bits per heavy atom. The van der Waals surface area contributed by atoms with Crippen LogP contribution in [0.4, 0.5) is 0 Å². The van der Waals surface area contributed by atoms with Crippen LogP contribution in [0, 0.1) is 6.92 Å². The summed E-state index contributed by atoms with van der Waals surface area (Å²) in [5, 5.41) is 22.3. The summed E-state index contributed by atoms with van der Waals surface area (Å²) in [4.78, 5) is 10.8. The van der Waals surface area contributed by atoms with Gasteiger partial charge < -0.3 is 14.7 Å². The average Bonchev–Trinajstić information content (AvgIpc) is 2.57. The first-order chi connectivity index (χ1) is 6.05. The zero-order valence-corrected chi connectivity index (χ0v) is 7.07. The van der Waals surface area contributed by atoms with Crippen molar-refractivity contribution in [2.75, 3.05) is 0 Å². The van der Waals surface area contributed by atoms with Crippen LogP contribution < -0.4 is 0 Å². The first kappa shape index (κ1) is 8.25. The summed E-state index contributed by atoms with van der Waals surface area (Å²) in [6.45, 7) is 1.63. The SMILES string of the molecule is Cc1noc2c1C(O)(C(=O)O)CC2. The lowest BCUT2D eigenvalue weighted by Gasteiger charge is -2.16. The number of carboxylic acid groups (broad SMARTS) is 1. The number of aromatic nitrogens is 1. The van der Waals surface area contributed by atoms with E-state index in [4.69, 9.17) is 9.63 Å². The summed E-state index contributed by atoms with van der Waals surface area (Å²) < 4.78 is 4.88. The number of carbonyl (C=O) groups is 1. The largest absolute Gasteiger partial charge is 0.479 e. The maximum absolute atomic E-state index is 10.8. The molecule has 2 rings (SSSR count). The number of fused-ring (bicyclic) bond motifs is 1. The number of aliphatic hydroxyl groups is 1. The molecule has 1 unspecified atom stereocenters. The van der Waals surface area contributed by atoms with Crippen molar-refractivity contribution in [3.05, 3.63) is 17.0 Å². The first-order valence-electron chi connectivity index (χ1n) is 3.97. The minimum atomic E-state index is -1.79. The fraction of sp³-hybridized carbons (Fsp3) is 0.500. The van der Waals surface area contributed by atoms with E-state index in [1.165, 1.54) is 0 Å². The van der Waals surface area contributed by atoms with Crippen molar-refractivity contribution < 1.29 is 19.5 Å². The van der Waals surface area contributed by atoms with Crippen LogP contribution in [0.15, 0.2) is 4.52 Å². The second-order valence-electron chi connectivity index (χ2n) is 3.23. The predicted octanol–water partition coefficient (Wildman–Crippen LogP) is 0.201. The smallest absolute Gasteiger partial charge is 0.340 e. The molecular weight excluding hydrogens is 174 g/mol. The van der Waals surface area contributed by atoms with E-state index in [0.29, 0.717) is 23.4 Å². The first-order valence-corrected chi connectivity index (χ1v) is 3.97. The van der Waals surface area contributed by atoms with Crippen LogP contribution in [0.25, 0.3) is 0 Å². The fourth-order valence-corrected chi connectivity index (χ4v) is 1.75. The molecule has 0 saturated carbocycles. The van der Waals surface area contributed by atoms with Gasteiger partial charge in [0.25, 0.3) is 0 Å². The third kappa shape index (κ3) is 0.904. The Morgan fingerprint density at radius 3 is 3.00 bits per heavy atom. The Hall–Kier alpha value is -1.36. The molecule has 1 atom stereocenters. The van der Waals surface area contributed by atoms with Crippen LogP contribution in [0.3, 0.4) is 0 Å². The van der Waals surface area contributed by atoms with Crippen molar-refractivity contribution in [2.24, 2.45) is 0 Å². The molecule has 5 heteroatoms. The van der Waals surface area contributed by atoms with Gasteiger partial charge in [0.2, 0.25) is 0 Å². The molecule has 0 saturated heterocycles. The van der Waals surface area contributed by atoms with E-state index in [1.807, 2.05) is 0 Å². The van der Waals surface area contributed by atoms with Gasteiger partial charge in [0.15, 0.2) is 5.60 Å². The Morgan fingerprint density at radius 1 is 1.69 bits per heavy atom. The van der Waals surface area contributed by atoms with E-state index >= 15 is 0 Å². The molecule has 0 amide bonds. The summed E-state index contributed by atoms with van der Waals surface area (Å²) in [6.07, 6.45) is 0.596. The number of aryl methyl sites for hydroxylation is 2. The molecule has 0 bridgehead atoms. The van der Waals surface area contributed by atoms with E-state index in [9.17, 15) is 9.90 Å². The highest BCUT2D eigenvalue weighted by Crippen LogP contribution is 2.38. The number of carboxylic acids is 1. The number of hydrogen-bond donors (Lipinski definition) is 2. The van der Waals surface area contributed by atoms with Crippen molar-refractivity contribution in [3.63, 3.8) is 0 Å². The molecule has 70 valence electrons. The normalized spacial score (nSPS) is 26.0. The summed E-state index contributed by atoms with van der Waals surface area (Å²) in [6, 6.07) is 0. The van der Waals surface area contributed by atoms with Gasteiger partial charge in [-0.2, -0.15) is 0 Å². The Balaban J connectivity index is 2.59. The molecule has 5 nitrogen and oxygen atoms in total. The lowest BCUT2D eigenvalue weighted by Crippen LogP contribution is -2.33. The highest BCUT2D eigenvalue weighted by Gasteiger charge is 2.47. The van der Waals surface area contributed by atoms with Gasteiger partial charge in [-0.15, -0.1) is 0 Å². The van der Waals surface area contributed by atoms with E-state index in [1.54, 1.807) is 6.92 Å². The molecule has 13 heavy (non-hydrogen) atoms. The molecule has 0 aromatic carbocycles. The van der Waals surface area contributed by atoms with Crippen LogP contribution >= 0.6 is 0 Å². The van der Waals surface area contributed by atoms with E-state index < -0.39 is 11.6 Å². The highest BCUT2D eigenvalue weighted by atomic mass is 16.5. The second-order valence-corrected chi connectivity index (χ2v) is 3.23. The molecule has 1 aliphatic carbocycles. The Kier molecular flexibility index (Phi) is 1.47. The molecule has 0 spiro atoms. The summed E-state index contributed by atoms with van der Waals surface area (Å²) >= 11 is 0. The summed E-state index contributed by atoms with van der Waals surface area (Å²) in [5.41, 5.74) is -1.00. The fourth-order valence-electron chi connectivity index (χ4n) is 1.75. The third-order valence-corrected chi connectivity index (χ3v) is 2.41. The van der Waals surface area contributed by atoms with E-state index in [0.717, 1.165) is 0 Å². The molecule has 0 aliphatic heterocycles. The van der Waals surface area contributed by atoms with Gasteiger partial charge in [-0.05, 0) is 13.3 Å². The van der Waals surface area contributed by atoms with Gasteiger partial charge in [0.05, 0.1) is 11.3 Å². The number of nitrogens with zero attached hydrogens (tertiary/aromatic N) is 1. The Labute approximate surface area is 74.0 Å². The van der Waals surface area contributed by atoms with Gasteiger partial charge in [0, 0.05) is 6.42 Å². The van der Waals surface area contributed by atoms with Crippen LogP contribution in [-0.2, 0) is 16.8 Å². The Bertz CT molecular complexity index is 370. The van der Waals surface area contributed by atoms with Gasteiger partial charge in [-0.1, -0.05) is 5.16 Å². The van der Waals surface area contributed by atoms with Crippen molar-refractivity contribution in [2.45, 2.75) is 25.4 Å². The standard InChI is InChI=1S/C8H9NO4/c1-4-6-5(13-9-4)2-3-8(6,12)7(10)11/h12H,2-3H2,1H3,(H,10,11). The number of hydrogen-bond acceptors (Lipinski definition) is 4. The molecule has 2 N–H and O–H groups in total. The van der Waals surface area contributed by atoms with Gasteiger partial charge >= 0.3 is 5.97 Å². The van der Waals surface area contributed by atoms with Crippen LogP contribution in [0.5, 0.6) is 0 Å². The minimum Gasteiger partial charge on any atom is -0.479 e. The van der Waals surface area contributed by atoms with Crippen LogP contribution in [0.1, 0.15) is 23.4 Å². The second kappa shape index (κ2) is 2.32. The van der Waals surface area contributed by atoms with Gasteiger partial charge in [0.1, 0.15) is 5.76 Å². The molecule has 1 aromatic heterocycles. The molecule has 1 aliphatic rings.